The van der Waals surface area contributed by atoms with E-state index in [-0.39, 0.29) is 11.9 Å². The monoisotopic (exact) mass is 331 g/mol. The number of para-hydroxylation sites is 1. The summed E-state index contributed by atoms with van der Waals surface area (Å²) in [5.41, 5.74) is 1.15. The van der Waals surface area contributed by atoms with E-state index in [1.54, 1.807) is 17.0 Å². The van der Waals surface area contributed by atoms with Gasteiger partial charge in [0.25, 0.3) is 5.91 Å². The Bertz CT molecular complexity index is 563. The summed E-state index contributed by atoms with van der Waals surface area (Å²) in [6.45, 7) is 5.16. The van der Waals surface area contributed by atoms with E-state index in [1.807, 2.05) is 37.9 Å². The molecule has 1 aromatic rings. The summed E-state index contributed by atoms with van der Waals surface area (Å²) in [5.74, 6) is -0.0163. The van der Waals surface area contributed by atoms with E-state index < -0.39 is 0 Å². The minimum Gasteiger partial charge on any atom is -0.339 e. The Morgan fingerprint density at radius 2 is 1.71 bits per heavy atom. The molecule has 0 aliphatic heterocycles. The van der Waals surface area contributed by atoms with Crippen LogP contribution in [-0.4, -0.2) is 47.9 Å². The van der Waals surface area contributed by atoms with E-state index in [0.717, 1.165) is 12.8 Å². The lowest BCUT2D eigenvalue weighted by Gasteiger charge is -2.31. The van der Waals surface area contributed by atoms with Crippen LogP contribution in [0.5, 0.6) is 0 Å². The number of hydrogen-bond donors (Lipinski definition) is 1. The van der Waals surface area contributed by atoms with E-state index >= 15 is 0 Å². The molecule has 2 rings (SSSR count). The lowest BCUT2D eigenvalue weighted by atomic mass is 9.94. The lowest BCUT2D eigenvalue weighted by molar-refractivity contribution is 0.0697. The highest BCUT2D eigenvalue weighted by atomic mass is 16.2. The topological polar surface area (TPSA) is 52.7 Å². The van der Waals surface area contributed by atoms with Crippen LogP contribution < -0.4 is 5.32 Å². The van der Waals surface area contributed by atoms with Crippen LogP contribution in [0.2, 0.25) is 0 Å². The molecule has 24 heavy (non-hydrogen) atoms. The summed E-state index contributed by atoms with van der Waals surface area (Å²) in [5, 5.41) is 2.89. The summed E-state index contributed by atoms with van der Waals surface area (Å²) in [7, 11) is 1.88. The SMILES string of the molecule is CCN(CC)C(=O)Nc1ccccc1C(=O)N(C)C1CCCCC1. The van der Waals surface area contributed by atoms with Gasteiger partial charge in [-0.3, -0.25) is 4.79 Å². The first-order valence-corrected chi connectivity index (χ1v) is 9.00. The van der Waals surface area contributed by atoms with Crippen molar-refractivity contribution in [3.8, 4) is 0 Å². The van der Waals surface area contributed by atoms with Gasteiger partial charge >= 0.3 is 6.03 Å². The van der Waals surface area contributed by atoms with E-state index in [1.165, 1.54) is 19.3 Å². The van der Waals surface area contributed by atoms with Crippen molar-refractivity contribution in [1.29, 1.82) is 0 Å². The average molecular weight is 331 g/mol. The summed E-state index contributed by atoms with van der Waals surface area (Å²) in [4.78, 5) is 28.8. The number of nitrogens with zero attached hydrogens (tertiary/aromatic N) is 2. The van der Waals surface area contributed by atoms with Crippen molar-refractivity contribution in [2.45, 2.75) is 52.0 Å². The van der Waals surface area contributed by atoms with E-state index in [4.69, 9.17) is 0 Å². The molecule has 0 saturated heterocycles. The van der Waals surface area contributed by atoms with Crippen LogP contribution in [0.25, 0.3) is 0 Å². The summed E-state index contributed by atoms with van der Waals surface area (Å²) in [6.07, 6.45) is 5.76. The number of anilines is 1. The molecule has 132 valence electrons. The van der Waals surface area contributed by atoms with Gasteiger partial charge in [0.2, 0.25) is 0 Å². The fraction of sp³-hybridized carbons (Fsp3) is 0.579. The predicted octanol–water partition coefficient (Wildman–Crippen LogP) is 3.97. The Balaban J connectivity index is 2.15. The van der Waals surface area contributed by atoms with Crippen LogP contribution in [0.3, 0.4) is 0 Å². The van der Waals surface area contributed by atoms with Crippen LogP contribution in [0, 0.1) is 0 Å². The maximum absolute atomic E-state index is 12.9. The Labute approximate surface area is 145 Å². The second-order valence-electron chi connectivity index (χ2n) is 6.36. The summed E-state index contributed by atoms with van der Waals surface area (Å²) < 4.78 is 0. The number of carbonyl (C=O) groups excluding carboxylic acids is 2. The predicted molar refractivity (Wildman–Crippen MR) is 97.3 cm³/mol. The molecule has 1 aliphatic rings. The minimum absolute atomic E-state index is 0.0163. The number of amides is 3. The molecule has 0 bridgehead atoms. The van der Waals surface area contributed by atoms with Crippen LogP contribution in [0.4, 0.5) is 10.5 Å². The third-order valence-electron chi connectivity index (χ3n) is 4.89. The van der Waals surface area contributed by atoms with Crippen molar-refractivity contribution in [3.05, 3.63) is 29.8 Å². The molecular weight excluding hydrogens is 302 g/mol. The molecule has 5 nitrogen and oxygen atoms in total. The van der Waals surface area contributed by atoms with Crippen LogP contribution in [0.15, 0.2) is 24.3 Å². The lowest BCUT2D eigenvalue weighted by Crippen LogP contribution is -2.39. The second kappa shape index (κ2) is 8.71. The number of carbonyl (C=O) groups is 2. The zero-order chi connectivity index (χ0) is 17.5. The maximum Gasteiger partial charge on any atom is 0.321 e. The van der Waals surface area contributed by atoms with Gasteiger partial charge in [-0.2, -0.15) is 0 Å². The van der Waals surface area contributed by atoms with Crippen molar-refractivity contribution < 1.29 is 9.59 Å². The number of rotatable bonds is 5. The summed E-state index contributed by atoms with van der Waals surface area (Å²) >= 11 is 0. The molecule has 0 heterocycles. The highest BCUT2D eigenvalue weighted by Gasteiger charge is 2.25. The molecule has 1 fully saturated rings. The smallest absolute Gasteiger partial charge is 0.321 e. The van der Waals surface area contributed by atoms with Gasteiger partial charge in [0, 0.05) is 26.2 Å². The zero-order valence-electron chi connectivity index (χ0n) is 15.0. The second-order valence-corrected chi connectivity index (χ2v) is 6.36. The van der Waals surface area contributed by atoms with Gasteiger partial charge in [-0.15, -0.1) is 0 Å². The van der Waals surface area contributed by atoms with Crippen molar-refractivity contribution in [2.75, 3.05) is 25.5 Å². The number of benzene rings is 1. The van der Waals surface area contributed by atoms with Crippen LogP contribution >= 0.6 is 0 Å². The van der Waals surface area contributed by atoms with Crippen molar-refractivity contribution >= 4 is 17.6 Å². The first kappa shape index (κ1) is 18.3. The normalized spacial score (nSPS) is 15.0. The van der Waals surface area contributed by atoms with Crippen LogP contribution in [0.1, 0.15) is 56.3 Å². The molecule has 3 amide bonds. The highest BCUT2D eigenvalue weighted by molar-refractivity contribution is 6.03. The molecule has 1 aromatic carbocycles. The fourth-order valence-corrected chi connectivity index (χ4v) is 3.31. The molecule has 0 spiro atoms. The first-order chi connectivity index (χ1) is 11.6. The molecular formula is C19H29N3O2. The van der Waals surface area contributed by atoms with Crippen molar-refractivity contribution in [2.24, 2.45) is 0 Å². The Kier molecular flexibility index (Phi) is 6.64. The minimum atomic E-state index is -0.166. The Hall–Kier alpha value is -2.04. The standard InChI is InChI=1S/C19H29N3O2/c1-4-22(5-2)19(24)20-17-14-10-9-13-16(17)18(23)21(3)15-11-7-6-8-12-15/h9-10,13-15H,4-8,11-12H2,1-3H3,(H,20,24). The Morgan fingerprint density at radius 3 is 2.33 bits per heavy atom. The van der Waals surface area contributed by atoms with Crippen LogP contribution in [-0.2, 0) is 0 Å². The zero-order valence-corrected chi connectivity index (χ0v) is 15.0. The Morgan fingerprint density at radius 1 is 1.08 bits per heavy atom. The van der Waals surface area contributed by atoms with Gasteiger partial charge in [0.05, 0.1) is 11.3 Å². The third kappa shape index (κ3) is 4.28. The maximum atomic E-state index is 12.9. The van der Waals surface area contributed by atoms with E-state index in [9.17, 15) is 9.59 Å². The average Bonchev–Trinajstić information content (AvgIpc) is 2.62. The van der Waals surface area contributed by atoms with E-state index in [2.05, 4.69) is 5.32 Å². The number of urea groups is 1. The van der Waals surface area contributed by atoms with Crippen molar-refractivity contribution in [3.63, 3.8) is 0 Å². The first-order valence-electron chi connectivity index (χ1n) is 9.00. The molecule has 1 saturated carbocycles. The molecule has 0 unspecified atom stereocenters. The van der Waals surface area contributed by atoms with Gasteiger partial charge < -0.3 is 15.1 Å². The molecule has 5 heteroatoms. The van der Waals surface area contributed by atoms with Gasteiger partial charge in [0.1, 0.15) is 0 Å². The largest absolute Gasteiger partial charge is 0.339 e. The quantitative estimate of drug-likeness (QED) is 0.888. The highest BCUT2D eigenvalue weighted by Crippen LogP contribution is 2.25. The van der Waals surface area contributed by atoms with Gasteiger partial charge in [-0.05, 0) is 38.8 Å². The molecule has 0 atom stereocenters. The van der Waals surface area contributed by atoms with Gasteiger partial charge in [0.15, 0.2) is 0 Å². The fourth-order valence-electron chi connectivity index (χ4n) is 3.31. The number of nitrogens with one attached hydrogen (secondary N) is 1. The van der Waals surface area contributed by atoms with Gasteiger partial charge in [-0.25, -0.2) is 4.79 Å². The van der Waals surface area contributed by atoms with Gasteiger partial charge in [-0.1, -0.05) is 31.4 Å². The number of hydrogen-bond acceptors (Lipinski definition) is 2. The molecule has 1 N–H and O–H groups in total. The van der Waals surface area contributed by atoms with E-state index in [0.29, 0.717) is 30.4 Å². The third-order valence-corrected chi connectivity index (χ3v) is 4.89. The van der Waals surface area contributed by atoms with Crippen molar-refractivity contribution in [1.82, 2.24) is 9.80 Å². The molecule has 0 radical (unpaired) electrons. The molecule has 1 aliphatic carbocycles. The summed E-state index contributed by atoms with van der Waals surface area (Å²) in [6, 6.07) is 7.41. The molecule has 0 aromatic heterocycles.